The molecule has 0 bridgehead atoms. The molecule has 1 saturated heterocycles. The molecule has 1 aromatic carbocycles. The average molecular weight is 519 g/mol. The van der Waals surface area contributed by atoms with Gasteiger partial charge in [0, 0.05) is 48.5 Å². The van der Waals surface area contributed by atoms with Crippen LogP contribution >= 0.6 is 0 Å². The second-order valence-electron chi connectivity index (χ2n) is 11.3. The van der Waals surface area contributed by atoms with Gasteiger partial charge in [-0.15, -0.1) is 0 Å². The highest BCUT2D eigenvalue weighted by molar-refractivity contribution is 5.88. The number of aromatic nitrogens is 2. The molecule has 1 amide bonds. The molecule has 1 unspecified atom stereocenters. The average Bonchev–Trinajstić information content (AvgIpc) is 3.33. The van der Waals surface area contributed by atoms with Crippen molar-refractivity contribution in [2.75, 3.05) is 27.2 Å². The number of primary amides is 1. The molecule has 2 aliphatic rings. The lowest BCUT2D eigenvalue weighted by atomic mass is 9.74. The molecule has 2 N–H and O–H groups in total. The number of hydrogen-bond acceptors (Lipinski definition) is 7. The van der Waals surface area contributed by atoms with Gasteiger partial charge in [0.25, 0.3) is 0 Å². The molecule has 2 aromatic heterocycles. The summed E-state index contributed by atoms with van der Waals surface area (Å²) in [6, 6.07) is 7.94. The second-order valence-corrected chi connectivity index (χ2v) is 11.3. The summed E-state index contributed by atoms with van der Waals surface area (Å²) in [5, 5.41) is 0.981. The highest BCUT2D eigenvalue weighted by Gasteiger charge is 2.78. The molecule has 1 saturated carbocycles. The van der Waals surface area contributed by atoms with Crippen molar-refractivity contribution in [3.05, 3.63) is 42.0 Å². The Morgan fingerprint density at radius 3 is 2.68 bits per heavy atom. The molecular weight excluding hydrogens is 480 g/mol. The van der Waals surface area contributed by atoms with Crippen LogP contribution in [0.15, 0.2) is 34.9 Å². The van der Waals surface area contributed by atoms with Crippen LogP contribution in [0.25, 0.3) is 22.2 Å². The van der Waals surface area contributed by atoms with Crippen LogP contribution in [0.1, 0.15) is 69.4 Å². The van der Waals surface area contributed by atoms with Crippen LogP contribution in [0.3, 0.4) is 0 Å². The smallest absolute Gasteiger partial charge is 0.225 e. The minimum absolute atomic E-state index is 0.102. The first-order valence-electron chi connectivity index (χ1n) is 13.6. The topological polar surface area (TPSA) is 112 Å². The third kappa shape index (κ3) is 4.49. The zero-order chi connectivity index (χ0) is 27.1. The van der Waals surface area contributed by atoms with Crippen LogP contribution in [-0.4, -0.2) is 53.8 Å². The van der Waals surface area contributed by atoms with Crippen molar-refractivity contribution in [2.24, 2.45) is 16.6 Å². The lowest BCUT2D eigenvalue weighted by molar-refractivity contribution is -0.127. The number of methoxy groups -OCH3 is 1. The van der Waals surface area contributed by atoms with Gasteiger partial charge in [-0.05, 0) is 45.4 Å². The Morgan fingerprint density at radius 2 is 2.00 bits per heavy atom. The van der Waals surface area contributed by atoms with Gasteiger partial charge in [0.2, 0.25) is 5.91 Å². The molecule has 0 radical (unpaired) electrons. The minimum atomic E-state index is -0.657. The van der Waals surface area contributed by atoms with Gasteiger partial charge in [-0.3, -0.25) is 14.6 Å². The molecule has 38 heavy (non-hydrogen) atoms. The number of oxazole rings is 1. The monoisotopic (exact) mass is 518 g/mol. The van der Waals surface area contributed by atoms with E-state index in [1.165, 1.54) is 0 Å². The number of hydrogen-bond donors (Lipinski definition) is 1. The number of unbranched alkanes of at least 4 members (excludes halogenated alkanes) is 2. The minimum Gasteiger partial charge on any atom is -0.496 e. The molecule has 1 aliphatic heterocycles. The van der Waals surface area contributed by atoms with Crippen LogP contribution in [-0.2, 0) is 9.59 Å². The molecule has 5 rings (SSSR count). The molecule has 1 spiro atoms. The first kappa shape index (κ1) is 26.4. The van der Waals surface area contributed by atoms with Gasteiger partial charge in [-0.25, -0.2) is 4.98 Å². The number of ether oxygens (including phenoxy) is 1. The summed E-state index contributed by atoms with van der Waals surface area (Å²) in [6.45, 7) is 5.58. The van der Waals surface area contributed by atoms with Crippen LogP contribution in [0.5, 0.6) is 5.75 Å². The van der Waals surface area contributed by atoms with E-state index in [1.807, 2.05) is 38.1 Å². The van der Waals surface area contributed by atoms with Crippen molar-refractivity contribution < 1.29 is 18.7 Å². The van der Waals surface area contributed by atoms with E-state index in [2.05, 4.69) is 16.9 Å². The number of fused-ring (bicyclic) bond motifs is 1. The summed E-state index contributed by atoms with van der Waals surface area (Å²) < 4.78 is 12.1. The third-order valence-electron chi connectivity index (χ3n) is 8.70. The fourth-order valence-electron chi connectivity index (χ4n) is 6.68. The first-order chi connectivity index (χ1) is 18.2. The summed E-state index contributed by atoms with van der Waals surface area (Å²) in [7, 11) is 3.70. The zero-order valence-corrected chi connectivity index (χ0v) is 22.9. The van der Waals surface area contributed by atoms with Crippen molar-refractivity contribution in [1.82, 2.24) is 14.9 Å². The number of rotatable bonds is 12. The van der Waals surface area contributed by atoms with E-state index in [0.29, 0.717) is 36.0 Å². The number of benzene rings is 1. The highest BCUT2D eigenvalue weighted by Crippen LogP contribution is 2.74. The van der Waals surface area contributed by atoms with E-state index in [0.717, 1.165) is 67.4 Å². The second kappa shape index (κ2) is 10.1. The molecule has 2 atom stereocenters. The number of nitrogens with zero attached hydrogens (tertiary/aromatic N) is 3. The number of carbonyl (C=O) groups is 2. The lowest BCUT2D eigenvalue weighted by Gasteiger charge is -2.42. The SMILES string of the molecule is CCC(=O)CCCCC[C@H](c1ncc(-c2cc3ccc(C)nc3cc2OC)o1)C1(C(N)=O)CC12CN(C)C2. The molecule has 8 heteroatoms. The molecule has 2 fully saturated rings. The molecule has 202 valence electrons. The van der Waals surface area contributed by atoms with E-state index in [1.54, 1.807) is 13.3 Å². The normalized spacial score (nSPS) is 20.8. The highest BCUT2D eigenvalue weighted by atomic mass is 16.5. The maximum Gasteiger partial charge on any atom is 0.225 e. The van der Waals surface area contributed by atoms with E-state index in [-0.39, 0.29) is 17.2 Å². The van der Waals surface area contributed by atoms with Crippen LogP contribution in [0.2, 0.25) is 0 Å². The van der Waals surface area contributed by atoms with Crippen molar-refractivity contribution in [3.63, 3.8) is 0 Å². The Bertz CT molecular complexity index is 1360. The number of likely N-dealkylation sites (tertiary alicyclic amines) is 1. The van der Waals surface area contributed by atoms with E-state index >= 15 is 0 Å². The Hall–Kier alpha value is -3.26. The Kier molecular flexibility index (Phi) is 7.03. The quantitative estimate of drug-likeness (QED) is 0.335. The Labute approximate surface area is 223 Å². The number of nitrogens with two attached hydrogens (primary N) is 1. The number of Topliss-reactive ketones (excluding diaryl/α,β-unsaturated/α-hetero) is 1. The summed E-state index contributed by atoms with van der Waals surface area (Å²) >= 11 is 0. The van der Waals surface area contributed by atoms with Crippen molar-refractivity contribution in [2.45, 2.75) is 64.7 Å². The van der Waals surface area contributed by atoms with E-state index in [4.69, 9.17) is 19.9 Å². The molecule has 3 heterocycles. The van der Waals surface area contributed by atoms with Gasteiger partial charge in [-0.1, -0.05) is 25.8 Å². The standard InChI is InChI=1S/C30H38N4O4/c1-5-21(35)9-7-6-8-10-23(30(28(31)36)16-29(30)17-34(3)18-29)27-32-15-26(38-27)22-13-20-12-11-19(2)33-24(20)14-25(22)37-4/h11-15,23H,5-10,16-18H2,1-4H3,(H2,31,36)/t23-,30?/m1/s1. The molecular formula is C30H38N4O4. The summed E-state index contributed by atoms with van der Waals surface area (Å²) in [6.07, 6.45) is 7.08. The maximum absolute atomic E-state index is 13.0. The van der Waals surface area contributed by atoms with Gasteiger partial charge in [0.15, 0.2) is 11.7 Å². The number of pyridine rings is 1. The fraction of sp³-hybridized carbons (Fsp3) is 0.533. The predicted octanol–water partition coefficient (Wildman–Crippen LogP) is 5.03. The maximum atomic E-state index is 13.0. The van der Waals surface area contributed by atoms with Gasteiger partial charge in [0.1, 0.15) is 11.5 Å². The number of carbonyl (C=O) groups excluding carboxylic acids is 2. The largest absolute Gasteiger partial charge is 0.496 e. The summed E-state index contributed by atoms with van der Waals surface area (Å²) in [5.74, 6) is 1.63. The first-order valence-corrected chi connectivity index (χ1v) is 13.6. The van der Waals surface area contributed by atoms with Crippen molar-refractivity contribution in [3.8, 4) is 17.1 Å². The van der Waals surface area contributed by atoms with E-state index < -0.39 is 5.41 Å². The van der Waals surface area contributed by atoms with Crippen molar-refractivity contribution in [1.29, 1.82) is 0 Å². The van der Waals surface area contributed by atoms with Crippen molar-refractivity contribution >= 4 is 22.6 Å². The number of aryl methyl sites for hydroxylation is 1. The molecule has 1 aliphatic carbocycles. The van der Waals surface area contributed by atoms with E-state index in [9.17, 15) is 9.59 Å². The zero-order valence-electron chi connectivity index (χ0n) is 22.9. The molecule has 8 nitrogen and oxygen atoms in total. The van der Waals surface area contributed by atoms with Crippen LogP contribution < -0.4 is 10.5 Å². The van der Waals surface area contributed by atoms with Gasteiger partial charge < -0.3 is 19.8 Å². The molecule has 3 aromatic rings. The number of amides is 1. The van der Waals surface area contributed by atoms with Gasteiger partial charge >= 0.3 is 0 Å². The van der Waals surface area contributed by atoms with Crippen LogP contribution in [0, 0.1) is 17.8 Å². The summed E-state index contributed by atoms with van der Waals surface area (Å²) in [5.41, 5.74) is 7.96. The third-order valence-corrected chi connectivity index (χ3v) is 8.70. The van der Waals surface area contributed by atoms with Gasteiger partial charge in [0.05, 0.1) is 35.7 Å². The van der Waals surface area contributed by atoms with Crippen LogP contribution in [0.4, 0.5) is 0 Å². The predicted molar refractivity (Wildman–Crippen MR) is 146 cm³/mol. The summed E-state index contributed by atoms with van der Waals surface area (Å²) in [4.78, 5) is 36.3. The fourth-order valence-corrected chi connectivity index (χ4v) is 6.68. The Morgan fingerprint density at radius 1 is 1.21 bits per heavy atom. The van der Waals surface area contributed by atoms with Gasteiger partial charge in [-0.2, -0.15) is 0 Å². The lowest BCUT2D eigenvalue weighted by Crippen LogP contribution is -2.52. The Balaban J connectivity index is 1.45. The number of ketones is 1.